The normalized spacial score (nSPS) is 14.7. The zero-order valence-corrected chi connectivity index (χ0v) is 21.0. The Hall–Kier alpha value is -3.30. The number of ether oxygens (including phenoxy) is 1. The SMILES string of the molecule is CC(=N)SC(=N)c1ccc2cnc(NC(=O)c3ccnc(OC4CCN(C(C)C)CC4)c3)cc2c1. The van der Waals surface area contributed by atoms with Crippen LogP contribution in [0, 0.1) is 10.8 Å². The van der Waals surface area contributed by atoms with Gasteiger partial charge >= 0.3 is 0 Å². The Bertz CT molecular complexity index is 1250. The summed E-state index contributed by atoms with van der Waals surface area (Å²) in [6.07, 6.45) is 5.25. The quantitative estimate of drug-likeness (QED) is 0.324. The van der Waals surface area contributed by atoms with Crippen molar-refractivity contribution >= 4 is 44.3 Å². The minimum Gasteiger partial charge on any atom is -0.474 e. The fourth-order valence-electron chi connectivity index (χ4n) is 4.05. The van der Waals surface area contributed by atoms with E-state index < -0.39 is 0 Å². The number of carbonyl (C=O) groups excluding carboxylic acids is 1. The molecule has 1 fully saturated rings. The van der Waals surface area contributed by atoms with Crippen molar-refractivity contribution in [2.24, 2.45) is 0 Å². The zero-order chi connectivity index (χ0) is 24.9. The van der Waals surface area contributed by atoms with Gasteiger partial charge < -0.3 is 15.0 Å². The van der Waals surface area contributed by atoms with E-state index >= 15 is 0 Å². The van der Waals surface area contributed by atoms with Gasteiger partial charge in [0.2, 0.25) is 5.88 Å². The molecule has 0 aliphatic carbocycles. The van der Waals surface area contributed by atoms with Crippen molar-refractivity contribution in [1.82, 2.24) is 14.9 Å². The lowest BCUT2D eigenvalue weighted by atomic mass is 10.1. The Morgan fingerprint density at radius 1 is 1.09 bits per heavy atom. The molecule has 3 aromatic rings. The lowest BCUT2D eigenvalue weighted by Crippen LogP contribution is -2.41. The van der Waals surface area contributed by atoms with Crippen molar-refractivity contribution in [3.8, 4) is 5.88 Å². The Balaban J connectivity index is 1.43. The second-order valence-electron chi connectivity index (χ2n) is 8.90. The molecule has 3 N–H and O–H groups in total. The van der Waals surface area contributed by atoms with E-state index in [1.807, 2.05) is 18.2 Å². The third-order valence-corrected chi connectivity index (χ3v) is 6.72. The number of hydrogen-bond donors (Lipinski definition) is 3. The second kappa shape index (κ2) is 11.0. The number of nitrogens with zero attached hydrogens (tertiary/aromatic N) is 3. The van der Waals surface area contributed by atoms with Crippen molar-refractivity contribution in [1.29, 1.82) is 10.8 Å². The maximum Gasteiger partial charge on any atom is 0.257 e. The lowest BCUT2D eigenvalue weighted by Gasteiger charge is -2.34. The van der Waals surface area contributed by atoms with Gasteiger partial charge in [-0.15, -0.1) is 0 Å². The molecule has 4 rings (SSSR count). The minimum absolute atomic E-state index is 0.0977. The number of nitrogens with one attached hydrogen (secondary N) is 3. The molecular weight excluding hydrogens is 460 g/mol. The van der Waals surface area contributed by atoms with Gasteiger partial charge in [0, 0.05) is 54.1 Å². The number of thioether (sulfide) groups is 1. The molecule has 0 atom stereocenters. The van der Waals surface area contributed by atoms with Crippen LogP contribution in [0.2, 0.25) is 0 Å². The van der Waals surface area contributed by atoms with Crippen molar-refractivity contribution in [2.45, 2.75) is 45.8 Å². The number of piperidine rings is 1. The first kappa shape index (κ1) is 24.8. The largest absolute Gasteiger partial charge is 0.474 e. The molecule has 1 amide bonds. The number of amides is 1. The summed E-state index contributed by atoms with van der Waals surface area (Å²) in [6, 6.07) is 11.2. The van der Waals surface area contributed by atoms with Gasteiger partial charge in [0.05, 0.1) is 5.04 Å². The third kappa shape index (κ3) is 6.43. The van der Waals surface area contributed by atoms with Gasteiger partial charge in [-0.3, -0.25) is 15.6 Å². The Morgan fingerprint density at radius 2 is 1.86 bits per heavy atom. The monoisotopic (exact) mass is 490 g/mol. The highest BCUT2D eigenvalue weighted by Gasteiger charge is 2.22. The predicted octanol–water partition coefficient (Wildman–Crippen LogP) is 5.19. The predicted molar refractivity (Wildman–Crippen MR) is 142 cm³/mol. The molecule has 3 heterocycles. The first-order chi connectivity index (χ1) is 16.8. The van der Waals surface area contributed by atoms with E-state index in [9.17, 15) is 4.79 Å². The number of pyridine rings is 2. The van der Waals surface area contributed by atoms with Gasteiger partial charge in [0.1, 0.15) is 17.0 Å². The molecule has 1 aliphatic heterocycles. The van der Waals surface area contributed by atoms with Crippen LogP contribution in [0.5, 0.6) is 5.88 Å². The first-order valence-corrected chi connectivity index (χ1v) is 12.5. The van der Waals surface area contributed by atoms with Gasteiger partial charge in [-0.25, -0.2) is 9.97 Å². The van der Waals surface area contributed by atoms with Crippen molar-refractivity contribution < 1.29 is 9.53 Å². The zero-order valence-electron chi connectivity index (χ0n) is 20.2. The summed E-state index contributed by atoms with van der Waals surface area (Å²) in [4.78, 5) is 24.0. The molecular formula is C26H30N6O2S. The summed E-state index contributed by atoms with van der Waals surface area (Å²) in [6.45, 7) is 8.06. The van der Waals surface area contributed by atoms with E-state index in [4.69, 9.17) is 15.6 Å². The molecule has 35 heavy (non-hydrogen) atoms. The van der Waals surface area contributed by atoms with Gasteiger partial charge in [0.15, 0.2) is 0 Å². The van der Waals surface area contributed by atoms with Crippen molar-refractivity contribution in [3.63, 3.8) is 0 Å². The number of aromatic nitrogens is 2. The summed E-state index contributed by atoms with van der Waals surface area (Å²) in [5, 5.41) is 21.0. The molecule has 1 aliphatic rings. The average molecular weight is 491 g/mol. The number of anilines is 1. The number of rotatable bonds is 6. The molecule has 0 unspecified atom stereocenters. The van der Waals surface area contributed by atoms with Crippen molar-refractivity contribution in [2.75, 3.05) is 18.4 Å². The molecule has 9 heteroatoms. The molecule has 0 saturated carbocycles. The number of likely N-dealkylation sites (tertiary alicyclic amines) is 1. The van der Waals surface area contributed by atoms with E-state index in [-0.39, 0.29) is 12.0 Å². The highest BCUT2D eigenvalue weighted by molar-refractivity contribution is 8.26. The third-order valence-electron chi connectivity index (χ3n) is 5.97. The van der Waals surface area contributed by atoms with Crippen LogP contribution in [0.1, 0.15) is 49.5 Å². The minimum atomic E-state index is -0.294. The van der Waals surface area contributed by atoms with Crippen LogP contribution in [0.15, 0.2) is 48.8 Å². The van der Waals surface area contributed by atoms with Crippen LogP contribution in [0.4, 0.5) is 5.82 Å². The van der Waals surface area contributed by atoms with Crippen LogP contribution in [0.3, 0.4) is 0 Å². The van der Waals surface area contributed by atoms with Crippen LogP contribution in [0.25, 0.3) is 10.8 Å². The molecule has 182 valence electrons. The van der Waals surface area contributed by atoms with Gasteiger partial charge in [-0.05, 0) is 57.2 Å². The van der Waals surface area contributed by atoms with Crippen LogP contribution in [-0.4, -0.2) is 56.1 Å². The average Bonchev–Trinajstić information content (AvgIpc) is 2.83. The number of hydrogen-bond acceptors (Lipinski definition) is 8. The fraction of sp³-hybridized carbons (Fsp3) is 0.346. The number of benzene rings is 1. The lowest BCUT2D eigenvalue weighted by molar-refractivity contribution is 0.0810. The molecule has 0 bridgehead atoms. The Kier molecular flexibility index (Phi) is 7.77. The highest BCUT2D eigenvalue weighted by atomic mass is 32.2. The molecule has 8 nitrogen and oxygen atoms in total. The van der Waals surface area contributed by atoms with Crippen molar-refractivity contribution in [3.05, 3.63) is 59.9 Å². The maximum atomic E-state index is 12.9. The van der Waals surface area contributed by atoms with E-state index in [1.54, 1.807) is 37.5 Å². The molecule has 0 spiro atoms. The molecule has 1 aromatic carbocycles. The topological polar surface area (TPSA) is 115 Å². The molecule has 2 aromatic heterocycles. The van der Waals surface area contributed by atoms with Crippen LogP contribution < -0.4 is 10.1 Å². The summed E-state index contributed by atoms with van der Waals surface area (Å²) >= 11 is 1.10. The number of fused-ring (bicyclic) bond motifs is 1. The Labute approximate surface area is 209 Å². The summed E-state index contributed by atoms with van der Waals surface area (Å²) in [7, 11) is 0. The maximum absolute atomic E-state index is 12.9. The van der Waals surface area contributed by atoms with E-state index in [2.05, 4.69) is 34.0 Å². The first-order valence-electron chi connectivity index (χ1n) is 11.7. The van der Waals surface area contributed by atoms with E-state index in [1.165, 1.54) is 0 Å². The van der Waals surface area contributed by atoms with Gasteiger partial charge in [0.25, 0.3) is 5.91 Å². The fourth-order valence-corrected chi connectivity index (χ4v) is 4.60. The highest BCUT2D eigenvalue weighted by Crippen LogP contribution is 2.23. The second-order valence-corrected chi connectivity index (χ2v) is 10.1. The van der Waals surface area contributed by atoms with Gasteiger partial charge in [-0.2, -0.15) is 0 Å². The summed E-state index contributed by atoms with van der Waals surface area (Å²) in [5.41, 5.74) is 1.16. The standard InChI is InChI=1S/C26H30N6O2S/c1-16(2)32-10-7-22(8-11-32)34-24-14-19(6-9-29-24)26(33)31-23-13-21-12-18(25(28)35-17(3)27)4-5-20(21)15-30-23/h4-6,9,12-16,22,27-28H,7-8,10-11H2,1-3H3,(H,30,31,33). The van der Waals surface area contributed by atoms with E-state index in [0.717, 1.165) is 48.5 Å². The smallest absolute Gasteiger partial charge is 0.257 e. The number of carbonyl (C=O) groups is 1. The molecule has 0 radical (unpaired) electrons. The summed E-state index contributed by atoms with van der Waals surface area (Å²) < 4.78 is 6.07. The van der Waals surface area contributed by atoms with Crippen LogP contribution in [-0.2, 0) is 0 Å². The molecule has 1 saturated heterocycles. The van der Waals surface area contributed by atoms with Gasteiger partial charge in [-0.1, -0.05) is 23.9 Å². The van der Waals surface area contributed by atoms with E-state index in [0.29, 0.717) is 39.0 Å². The van der Waals surface area contributed by atoms with Crippen LogP contribution >= 0.6 is 11.8 Å². The summed E-state index contributed by atoms with van der Waals surface area (Å²) in [5.74, 6) is 0.578. The Morgan fingerprint density at radius 3 is 2.57 bits per heavy atom.